The SMILES string of the molecule is N#C/N=c1\c2cc(-c3cc(F)cc(C(F)(F)F)c3)ccc2c2cc3c(cc12)/c(=N\CI)c1cc(-c2cc(F)cc(C(F)(F)F)c2)ccc13. The predicted octanol–water partition coefficient (Wildman–Crippen LogP) is 10.5. The Bertz CT molecular complexity index is 2620. The molecule has 0 amide bonds. The van der Waals surface area contributed by atoms with E-state index in [2.05, 4.69) is 32.6 Å². The molecule has 0 unspecified atom stereocenters. The van der Waals surface area contributed by atoms with Gasteiger partial charge in [-0.2, -0.15) is 36.6 Å². The Balaban J connectivity index is 1.48. The maximum absolute atomic E-state index is 14.3. The van der Waals surface area contributed by atoms with Gasteiger partial charge in [0.1, 0.15) is 11.6 Å². The van der Waals surface area contributed by atoms with Gasteiger partial charge in [-0.1, -0.05) is 46.9 Å². The van der Waals surface area contributed by atoms with Gasteiger partial charge in [0.2, 0.25) is 6.19 Å². The van der Waals surface area contributed by atoms with Crippen molar-refractivity contribution >= 4 is 65.7 Å². The Hall–Kier alpha value is -4.90. The van der Waals surface area contributed by atoms with Crippen molar-refractivity contribution in [1.29, 1.82) is 5.26 Å². The summed E-state index contributed by atoms with van der Waals surface area (Å²) in [6.45, 7) is 0. The lowest BCUT2D eigenvalue weighted by Crippen LogP contribution is -2.05. The second kappa shape index (κ2) is 11.4. The van der Waals surface area contributed by atoms with Crippen LogP contribution in [0.2, 0.25) is 0 Å². The molecule has 0 N–H and O–H groups in total. The van der Waals surface area contributed by atoms with E-state index < -0.39 is 35.1 Å². The van der Waals surface area contributed by atoms with Crippen LogP contribution in [0.5, 0.6) is 0 Å². The van der Waals surface area contributed by atoms with Crippen LogP contribution in [-0.2, 0) is 12.4 Å². The Labute approximate surface area is 278 Å². The molecule has 0 spiro atoms. The van der Waals surface area contributed by atoms with E-state index in [-0.39, 0.29) is 16.5 Å². The maximum atomic E-state index is 14.3. The fraction of sp³-hybridized carbons (Fsp3) is 0.0833. The lowest BCUT2D eigenvalue weighted by atomic mass is 9.99. The molecule has 0 fully saturated rings. The van der Waals surface area contributed by atoms with Gasteiger partial charge in [0, 0.05) is 21.5 Å². The van der Waals surface area contributed by atoms with Crippen molar-refractivity contribution in [3.8, 4) is 28.4 Å². The molecule has 7 aromatic carbocycles. The molecule has 0 aliphatic heterocycles. The molecule has 0 saturated heterocycles. The van der Waals surface area contributed by atoms with E-state index in [0.717, 1.165) is 35.0 Å². The Morgan fingerprint density at radius 2 is 0.958 bits per heavy atom. The second-order valence-corrected chi connectivity index (χ2v) is 11.8. The minimum Gasteiger partial charge on any atom is -0.274 e. The van der Waals surface area contributed by atoms with Crippen LogP contribution in [0.25, 0.3) is 65.3 Å². The van der Waals surface area contributed by atoms with Gasteiger partial charge in [-0.05, 0) is 104 Å². The number of benzene rings is 5. The van der Waals surface area contributed by atoms with Gasteiger partial charge in [0.05, 0.1) is 26.4 Å². The molecule has 0 aliphatic carbocycles. The third-order valence-corrected chi connectivity index (χ3v) is 8.64. The fourth-order valence-corrected chi connectivity index (χ4v) is 6.62. The van der Waals surface area contributed by atoms with Gasteiger partial charge in [0.15, 0.2) is 0 Å². The molecule has 7 aromatic rings. The molecule has 0 aliphatic rings. The van der Waals surface area contributed by atoms with E-state index in [0.29, 0.717) is 65.5 Å². The summed E-state index contributed by atoms with van der Waals surface area (Å²) in [4.78, 5) is 8.72. The minimum atomic E-state index is -4.75. The van der Waals surface area contributed by atoms with Crippen LogP contribution in [0.3, 0.4) is 0 Å². The average Bonchev–Trinajstić information content (AvgIpc) is 3.49. The molecule has 3 nitrogen and oxygen atoms in total. The van der Waals surface area contributed by atoms with Crippen molar-refractivity contribution < 1.29 is 35.1 Å². The molecule has 7 rings (SSSR count). The van der Waals surface area contributed by atoms with Gasteiger partial charge in [0.25, 0.3) is 0 Å². The lowest BCUT2D eigenvalue weighted by Gasteiger charge is -2.10. The molecule has 0 bridgehead atoms. The van der Waals surface area contributed by atoms with E-state index in [4.69, 9.17) is 0 Å². The van der Waals surface area contributed by atoms with Crippen LogP contribution in [0.15, 0.2) is 94.9 Å². The van der Waals surface area contributed by atoms with Crippen LogP contribution in [-0.4, -0.2) is 4.55 Å². The normalized spacial score (nSPS) is 13.4. The number of fused-ring (bicyclic) bond motifs is 6. The molecule has 0 saturated carbocycles. The molecule has 48 heavy (non-hydrogen) atoms. The number of nitriles is 1. The predicted molar refractivity (Wildman–Crippen MR) is 175 cm³/mol. The van der Waals surface area contributed by atoms with E-state index in [1.165, 1.54) is 0 Å². The number of rotatable bonds is 3. The zero-order chi connectivity index (χ0) is 34.1. The zero-order valence-corrected chi connectivity index (χ0v) is 26.2. The minimum absolute atomic E-state index is 0.00160. The molecule has 0 heterocycles. The first kappa shape index (κ1) is 31.7. The van der Waals surface area contributed by atoms with Crippen LogP contribution in [0, 0.1) is 23.1 Å². The van der Waals surface area contributed by atoms with Crippen molar-refractivity contribution in [3.05, 3.63) is 118 Å². The Kier molecular flexibility index (Phi) is 7.50. The molecule has 238 valence electrons. The Morgan fingerprint density at radius 3 is 1.42 bits per heavy atom. The third kappa shape index (κ3) is 5.35. The maximum Gasteiger partial charge on any atom is 0.416 e. The highest BCUT2D eigenvalue weighted by Gasteiger charge is 2.32. The first-order valence-electron chi connectivity index (χ1n) is 14.1. The number of alkyl halides is 7. The number of halogens is 9. The fourth-order valence-electron chi connectivity index (χ4n) is 6.28. The number of hydrogen-bond donors (Lipinski definition) is 0. The smallest absolute Gasteiger partial charge is 0.274 e. The van der Waals surface area contributed by atoms with Crippen LogP contribution in [0.1, 0.15) is 11.1 Å². The molecule has 0 atom stereocenters. The highest BCUT2D eigenvalue weighted by atomic mass is 127. The zero-order valence-electron chi connectivity index (χ0n) is 24.0. The molecule has 12 heteroatoms. The monoisotopic (exact) mass is 769 g/mol. The van der Waals surface area contributed by atoms with Crippen LogP contribution < -0.4 is 10.7 Å². The second-order valence-electron chi connectivity index (χ2n) is 11.1. The third-order valence-electron chi connectivity index (χ3n) is 8.29. The highest BCUT2D eigenvalue weighted by molar-refractivity contribution is 14.1. The van der Waals surface area contributed by atoms with Gasteiger partial charge in [-0.3, -0.25) is 4.99 Å². The van der Waals surface area contributed by atoms with Crippen molar-refractivity contribution in [3.63, 3.8) is 0 Å². The van der Waals surface area contributed by atoms with Crippen molar-refractivity contribution in [2.24, 2.45) is 9.98 Å². The summed E-state index contributed by atoms with van der Waals surface area (Å²) in [6, 6.07) is 18.1. The van der Waals surface area contributed by atoms with E-state index in [1.807, 2.05) is 6.07 Å². The van der Waals surface area contributed by atoms with E-state index in [1.54, 1.807) is 48.7 Å². The molecular weight excluding hydrogens is 753 g/mol. The van der Waals surface area contributed by atoms with Gasteiger partial charge >= 0.3 is 12.4 Å². The van der Waals surface area contributed by atoms with Crippen molar-refractivity contribution in [2.75, 3.05) is 4.55 Å². The lowest BCUT2D eigenvalue weighted by molar-refractivity contribution is -0.138. The summed E-state index contributed by atoms with van der Waals surface area (Å²) in [5, 5.41) is 15.6. The van der Waals surface area contributed by atoms with E-state index >= 15 is 0 Å². The quantitative estimate of drug-likeness (QED) is 0.0581. The largest absolute Gasteiger partial charge is 0.416 e. The van der Waals surface area contributed by atoms with Gasteiger partial charge in [-0.15, -0.1) is 0 Å². The molecule has 0 aromatic heterocycles. The first-order valence-corrected chi connectivity index (χ1v) is 15.6. The van der Waals surface area contributed by atoms with Crippen LogP contribution in [0.4, 0.5) is 35.1 Å². The van der Waals surface area contributed by atoms with Crippen molar-refractivity contribution in [1.82, 2.24) is 0 Å². The molecule has 0 radical (unpaired) electrons. The van der Waals surface area contributed by atoms with Gasteiger partial charge in [-0.25, -0.2) is 8.78 Å². The number of hydrogen-bond acceptors (Lipinski definition) is 3. The average molecular weight is 769 g/mol. The summed E-state index contributed by atoms with van der Waals surface area (Å²) in [6.07, 6.45) is -7.70. The van der Waals surface area contributed by atoms with Crippen molar-refractivity contribution in [2.45, 2.75) is 12.4 Å². The summed E-state index contributed by atoms with van der Waals surface area (Å²) in [5.74, 6) is -2.07. The standard InChI is InChI=1S/C36H16F8IN3/c37-23-7-19(5-21(11-23)35(39,40)41)17-1-3-25-27-13-28-26-4-2-18(20-6-22(36(42,43)44)12-24(38)8-20)10-30(26)34(48-16-46)32(28)14-31(27)33(47-15-45)29(25)9-17/h1-14H,15H2/b47-33-,48-34+. The highest BCUT2D eigenvalue weighted by Crippen LogP contribution is 2.38. The number of nitrogens with zero attached hydrogens (tertiary/aromatic N) is 3. The first-order chi connectivity index (χ1) is 22.8. The van der Waals surface area contributed by atoms with E-state index in [9.17, 15) is 40.4 Å². The summed E-state index contributed by atoms with van der Waals surface area (Å²) in [7, 11) is 0. The summed E-state index contributed by atoms with van der Waals surface area (Å²) >= 11 is 2.06. The Morgan fingerprint density at radius 1 is 0.521 bits per heavy atom. The van der Waals surface area contributed by atoms with Gasteiger partial charge < -0.3 is 0 Å². The topological polar surface area (TPSA) is 48.5 Å². The molecular formula is C36H16F8IN3. The summed E-state index contributed by atoms with van der Waals surface area (Å²) < 4.78 is 109. The summed E-state index contributed by atoms with van der Waals surface area (Å²) in [5.41, 5.74) is -1.54. The van der Waals surface area contributed by atoms with Crippen LogP contribution >= 0.6 is 22.6 Å².